The predicted molar refractivity (Wildman–Crippen MR) is 110 cm³/mol. The van der Waals surface area contributed by atoms with Crippen LogP contribution in [0, 0.1) is 11.8 Å². The molecule has 4 unspecified atom stereocenters. The highest BCUT2D eigenvalue weighted by atomic mass is 127. The van der Waals surface area contributed by atoms with Gasteiger partial charge in [0, 0.05) is 32.0 Å². The maximum atomic E-state index is 12.6. The van der Waals surface area contributed by atoms with Gasteiger partial charge in [-0.1, -0.05) is 0 Å². The topological polar surface area (TPSA) is 46.1 Å². The number of fused-ring (bicyclic) bond motifs is 5. The van der Waals surface area contributed by atoms with E-state index in [0.29, 0.717) is 42.9 Å². The Hall–Kier alpha value is -1.23. The lowest BCUT2D eigenvalue weighted by atomic mass is 9.82. The molecule has 3 aliphatic rings. The fourth-order valence-corrected chi connectivity index (χ4v) is 4.54. The second-order valence-electron chi connectivity index (χ2n) is 7.37. The van der Waals surface area contributed by atoms with Gasteiger partial charge in [0.05, 0.1) is 24.3 Å². The Morgan fingerprint density at radius 3 is 2.32 bits per heavy atom. The third kappa shape index (κ3) is 4.34. The minimum Gasteiger partial charge on any atom is -0.492 e. The Balaban J connectivity index is 0.00000225. The van der Waals surface area contributed by atoms with Crippen molar-refractivity contribution in [3.8, 4) is 5.75 Å². The SMILES string of the molecule is CN=C(NCCOc1ccc(C(F)(F)F)cc1)N1CC2C3CCC(O3)C2C1.I. The van der Waals surface area contributed by atoms with Crippen LogP contribution < -0.4 is 10.1 Å². The first kappa shape index (κ1) is 21.5. The third-order valence-electron chi connectivity index (χ3n) is 5.80. The van der Waals surface area contributed by atoms with Crippen molar-refractivity contribution in [1.29, 1.82) is 0 Å². The number of aliphatic imine (C=N–C) groups is 1. The third-order valence-corrected chi connectivity index (χ3v) is 5.80. The molecule has 0 amide bonds. The van der Waals surface area contributed by atoms with E-state index >= 15 is 0 Å². The van der Waals surface area contributed by atoms with E-state index in [0.717, 1.165) is 31.2 Å². The summed E-state index contributed by atoms with van der Waals surface area (Å²) in [5.74, 6) is 2.47. The van der Waals surface area contributed by atoms with Crippen molar-refractivity contribution >= 4 is 29.9 Å². The summed E-state index contributed by atoms with van der Waals surface area (Å²) in [5, 5.41) is 3.29. The van der Waals surface area contributed by atoms with Crippen LogP contribution in [0.2, 0.25) is 0 Å². The molecule has 4 atom stereocenters. The minimum atomic E-state index is -4.33. The molecule has 3 saturated heterocycles. The number of nitrogens with one attached hydrogen (secondary N) is 1. The van der Waals surface area contributed by atoms with Crippen LogP contribution in [-0.2, 0) is 10.9 Å². The van der Waals surface area contributed by atoms with Crippen molar-refractivity contribution in [1.82, 2.24) is 10.2 Å². The zero-order valence-corrected chi connectivity index (χ0v) is 17.9. The van der Waals surface area contributed by atoms with Crippen molar-refractivity contribution in [2.24, 2.45) is 16.8 Å². The average molecular weight is 511 g/mol. The number of likely N-dealkylation sites (tertiary alicyclic amines) is 1. The molecule has 28 heavy (non-hydrogen) atoms. The number of ether oxygens (including phenoxy) is 2. The number of guanidine groups is 1. The fourth-order valence-electron chi connectivity index (χ4n) is 4.54. The number of rotatable bonds is 4. The molecule has 1 aromatic rings. The van der Waals surface area contributed by atoms with Crippen LogP contribution >= 0.6 is 24.0 Å². The largest absolute Gasteiger partial charge is 0.492 e. The van der Waals surface area contributed by atoms with E-state index in [1.54, 1.807) is 7.05 Å². The first-order chi connectivity index (χ1) is 13.0. The molecule has 1 aromatic carbocycles. The van der Waals surface area contributed by atoms with Crippen molar-refractivity contribution < 1.29 is 22.6 Å². The summed E-state index contributed by atoms with van der Waals surface area (Å²) in [7, 11) is 1.76. The van der Waals surface area contributed by atoms with Crippen LogP contribution in [-0.4, -0.2) is 56.4 Å². The number of hydrogen-bond acceptors (Lipinski definition) is 3. The van der Waals surface area contributed by atoms with E-state index in [2.05, 4.69) is 15.2 Å². The number of benzene rings is 1. The molecular formula is C19H25F3IN3O2. The molecule has 0 radical (unpaired) electrons. The molecule has 2 bridgehead atoms. The Bertz CT molecular complexity index is 681. The van der Waals surface area contributed by atoms with Gasteiger partial charge >= 0.3 is 6.18 Å². The molecule has 1 N–H and O–H groups in total. The summed E-state index contributed by atoms with van der Waals surface area (Å²) in [5.41, 5.74) is -0.675. The molecule has 3 aliphatic heterocycles. The van der Waals surface area contributed by atoms with Gasteiger partial charge in [0.15, 0.2) is 5.96 Å². The standard InChI is InChI=1S/C19H24F3N3O2.HI/c1-23-18(25-10-14-15(11-25)17-7-6-16(14)27-17)24-8-9-26-13-4-2-12(3-5-13)19(20,21)22;/h2-5,14-17H,6-11H2,1H3,(H,23,24);1H. The first-order valence-electron chi connectivity index (χ1n) is 9.37. The molecule has 5 nitrogen and oxygen atoms in total. The van der Waals surface area contributed by atoms with Gasteiger partial charge in [0.25, 0.3) is 0 Å². The van der Waals surface area contributed by atoms with Crippen LogP contribution in [0.15, 0.2) is 29.3 Å². The molecule has 0 saturated carbocycles. The second kappa shape index (κ2) is 8.64. The van der Waals surface area contributed by atoms with Gasteiger partial charge in [0.1, 0.15) is 12.4 Å². The molecule has 3 heterocycles. The number of hydrogen-bond donors (Lipinski definition) is 1. The molecule has 0 aromatic heterocycles. The molecular weight excluding hydrogens is 486 g/mol. The molecule has 3 fully saturated rings. The molecule has 4 rings (SSSR count). The van der Waals surface area contributed by atoms with E-state index in [1.165, 1.54) is 25.0 Å². The van der Waals surface area contributed by atoms with Crippen LogP contribution in [0.1, 0.15) is 18.4 Å². The monoisotopic (exact) mass is 511 g/mol. The smallest absolute Gasteiger partial charge is 0.416 e. The number of nitrogens with zero attached hydrogens (tertiary/aromatic N) is 2. The van der Waals surface area contributed by atoms with Gasteiger partial charge < -0.3 is 19.7 Å². The van der Waals surface area contributed by atoms with E-state index in [4.69, 9.17) is 9.47 Å². The minimum absolute atomic E-state index is 0. The van der Waals surface area contributed by atoms with Crippen LogP contribution in [0.3, 0.4) is 0 Å². The summed E-state index contributed by atoms with van der Waals surface area (Å²) < 4.78 is 49.2. The summed E-state index contributed by atoms with van der Waals surface area (Å²) in [6.07, 6.45) is -1.16. The molecule has 9 heteroatoms. The van der Waals surface area contributed by atoms with Gasteiger partial charge in [-0.2, -0.15) is 13.2 Å². The normalized spacial score (nSPS) is 28.9. The summed E-state index contributed by atoms with van der Waals surface area (Å²) in [4.78, 5) is 6.64. The van der Waals surface area contributed by atoms with Gasteiger partial charge in [-0.3, -0.25) is 4.99 Å². The molecule has 0 aliphatic carbocycles. The van der Waals surface area contributed by atoms with Crippen molar-refractivity contribution in [3.05, 3.63) is 29.8 Å². The Kier molecular flexibility index (Phi) is 6.63. The predicted octanol–water partition coefficient (Wildman–Crippen LogP) is 3.39. The van der Waals surface area contributed by atoms with Crippen molar-refractivity contribution in [2.45, 2.75) is 31.2 Å². The Morgan fingerprint density at radius 1 is 1.18 bits per heavy atom. The van der Waals surface area contributed by atoms with E-state index in [9.17, 15) is 13.2 Å². The fraction of sp³-hybridized carbons (Fsp3) is 0.632. The van der Waals surface area contributed by atoms with Gasteiger partial charge in [-0.05, 0) is 37.1 Å². The highest BCUT2D eigenvalue weighted by Crippen LogP contribution is 2.47. The molecule has 156 valence electrons. The number of halogens is 4. The van der Waals surface area contributed by atoms with Crippen LogP contribution in [0.25, 0.3) is 0 Å². The maximum absolute atomic E-state index is 12.6. The summed E-state index contributed by atoms with van der Waals surface area (Å²) >= 11 is 0. The average Bonchev–Trinajstić information content (AvgIpc) is 3.34. The van der Waals surface area contributed by atoms with E-state index in [1.807, 2.05) is 0 Å². The van der Waals surface area contributed by atoms with Crippen LogP contribution in [0.4, 0.5) is 13.2 Å². The quantitative estimate of drug-likeness (QED) is 0.292. The van der Waals surface area contributed by atoms with Crippen LogP contribution in [0.5, 0.6) is 5.75 Å². The van der Waals surface area contributed by atoms with Crippen molar-refractivity contribution in [3.63, 3.8) is 0 Å². The second-order valence-corrected chi connectivity index (χ2v) is 7.37. The lowest BCUT2D eigenvalue weighted by Gasteiger charge is -2.23. The summed E-state index contributed by atoms with van der Waals surface area (Å²) in [6.45, 7) is 2.80. The maximum Gasteiger partial charge on any atom is 0.416 e. The van der Waals surface area contributed by atoms with E-state index < -0.39 is 11.7 Å². The van der Waals surface area contributed by atoms with Crippen molar-refractivity contribution in [2.75, 3.05) is 33.3 Å². The highest BCUT2D eigenvalue weighted by Gasteiger charge is 2.53. The lowest BCUT2D eigenvalue weighted by Crippen LogP contribution is -2.42. The van der Waals surface area contributed by atoms with Gasteiger partial charge in [0.2, 0.25) is 0 Å². The Morgan fingerprint density at radius 2 is 1.79 bits per heavy atom. The first-order valence-corrected chi connectivity index (χ1v) is 9.37. The van der Waals surface area contributed by atoms with Gasteiger partial charge in [-0.15, -0.1) is 24.0 Å². The lowest BCUT2D eigenvalue weighted by molar-refractivity contribution is -0.137. The number of alkyl halides is 3. The van der Waals surface area contributed by atoms with E-state index in [-0.39, 0.29) is 24.0 Å². The van der Waals surface area contributed by atoms with Gasteiger partial charge in [-0.25, -0.2) is 0 Å². The summed E-state index contributed by atoms with van der Waals surface area (Å²) in [6, 6.07) is 4.74. The Labute approximate surface area is 179 Å². The zero-order valence-electron chi connectivity index (χ0n) is 15.6. The zero-order chi connectivity index (χ0) is 19.0. The molecule has 0 spiro atoms. The highest BCUT2D eigenvalue weighted by molar-refractivity contribution is 14.0.